The predicted molar refractivity (Wildman–Crippen MR) is 56.1 cm³/mol. The molecule has 0 saturated heterocycles. The highest BCUT2D eigenvalue weighted by Crippen LogP contribution is 2.20. The molecule has 1 rings (SSSR count). The molecule has 0 aromatic heterocycles. The number of benzene rings is 1. The van der Waals surface area contributed by atoms with E-state index < -0.39 is 0 Å². The number of nitrogens with two attached hydrogens (primary N) is 1. The summed E-state index contributed by atoms with van der Waals surface area (Å²) in [5.74, 6) is 0.101. The Morgan fingerprint density at radius 1 is 1.47 bits per heavy atom. The van der Waals surface area contributed by atoms with E-state index in [1.807, 2.05) is 6.92 Å². The van der Waals surface area contributed by atoms with Crippen LogP contribution in [0.25, 0.3) is 0 Å². The predicted octanol–water partition coefficient (Wildman–Crippen LogP) is 2.22. The van der Waals surface area contributed by atoms with Crippen LogP contribution in [-0.4, -0.2) is 13.4 Å². The molecule has 1 aromatic rings. The molecule has 1 atom stereocenters. The van der Waals surface area contributed by atoms with Crippen molar-refractivity contribution in [3.05, 3.63) is 29.6 Å². The zero-order valence-electron chi connectivity index (χ0n) is 9.00. The van der Waals surface area contributed by atoms with Crippen LogP contribution in [0.5, 0.6) is 5.75 Å². The average Bonchev–Trinajstić information content (AvgIpc) is 2.17. The highest BCUT2D eigenvalue weighted by molar-refractivity contribution is 5.30. The van der Waals surface area contributed by atoms with Gasteiger partial charge in [0.15, 0.2) is 6.79 Å². The fourth-order valence-corrected chi connectivity index (χ4v) is 1.16. The molecule has 0 spiro atoms. The van der Waals surface area contributed by atoms with Gasteiger partial charge in [0, 0.05) is 24.3 Å². The summed E-state index contributed by atoms with van der Waals surface area (Å²) >= 11 is 0. The van der Waals surface area contributed by atoms with E-state index in [4.69, 9.17) is 15.2 Å². The second kappa shape index (κ2) is 5.68. The lowest BCUT2D eigenvalue weighted by atomic mass is 10.1. The molecule has 4 heteroatoms. The summed E-state index contributed by atoms with van der Waals surface area (Å²) in [5.41, 5.74) is 6.07. The molecule has 0 unspecified atom stereocenters. The van der Waals surface area contributed by atoms with Crippen molar-refractivity contribution >= 4 is 0 Å². The second-order valence-electron chi connectivity index (χ2n) is 3.23. The van der Waals surface area contributed by atoms with Crippen LogP contribution < -0.4 is 10.5 Å². The molecule has 84 valence electrons. The third-order valence-corrected chi connectivity index (χ3v) is 1.98. The molecule has 0 aliphatic carbocycles. The first-order valence-electron chi connectivity index (χ1n) is 4.90. The van der Waals surface area contributed by atoms with Crippen molar-refractivity contribution in [1.29, 1.82) is 0 Å². The second-order valence-corrected chi connectivity index (χ2v) is 3.23. The van der Waals surface area contributed by atoms with E-state index in [1.54, 1.807) is 19.1 Å². The molecular weight excluding hydrogens is 197 g/mol. The van der Waals surface area contributed by atoms with Gasteiger partial charge >= 0.3 is 0 Å². The minimum atomic E-state index is -0.348. The standard InChI is InChI=1S/C11H16FNO2/c1-3-14-7-15-9-4-5-10(8(2)13)11(12)6-9/h4-6,8H,3,7,13H2,1-2H3/t8-/m1/s1. The SMILES string of the molecule is CCOCOc1ccc([C@@H](C)N)c(F)c1. The number of halogens is 1. The molecular formula is C11H16FNO2. The van der Waals surface area contributed by atoms with Crippen LogP contribution in [0.4, 0.5) is 4.39 Å². The van der Waals surface area contributed by atoms with Crippen LogP contribution in [-0.2, 0) is 4.74 Å². The zero-order chi connectivity index (χ0) is 11.3. The molecule has 0 bridgehead atoms. The van der Waals surface area contributed by atoms with Crippen LogP contribution in [0, 0.1) is 5.82 Å². The van der Waals surface area contributed by atoms with Gasteiger partial charge in [0.25, 0.3) is 0 Å². The maximum atomic E-state index is 13.4. The van der Waals surface area contributed by atoms with Crippen molar-refractivity contribution in [1.82, 2.24) is 0 Å². The minimum Gasteiger partial charge on any atom is -0.467 e. The molecule has 0 radical (unpaired) electrons. The number of ether oxygens (including phenoxy) is 2. The van der Waals surface area contributed by atoms with Gasteiger partial charge in [0.2, 0.25) is 0 Å². The Balaban J connectivity index is 2.65. The number of rotatable bonds is 5. The normalized spacial score (nSPS) is 12.5. The van der Waals surface area contributed by atoms with E-state index in [0.717, 1.165) is 0 Å². The largest absolute Gasteiger partial charge is 0.467 e. The van der Waals surface area contributed by atoms with Crippen molar-refractivity contribution in [2.24, 2.45) is 5.73 Å². The minimum absolute atomic E-state index is 0.132. The topological polar surface area (TPSA) is 44.5 Å². The maximum absolute atomic E-state index is 13.4. The van der Waals surface area contributed by atoms with Crippen LogP contribution >= 0.6 is 0 Å². The third kappa shape index (κ3) is 3.49. The van der Waals surface area contributed by atoms with Gasteiger partial charge < -0.3 is 15.2 Å². The lowest BCUT2D eigenvalue weighted by molar-refractivity contribution is 0.0222. The Labute approximate surface area is 89.0 Å². The zero-order valence-corrected chi connectivity index (χ0v) is 9.00. The number of hydrogen-bond acceptors (Lipinski definition) is 3. The van der Waals surface area contributed by atoms with Gasteiger partial charge in [-0.1, -0.05) is 6.07 Å². The molecule has 0 fully saturated rings. The average molecular weight is 213 g/mol. The summed E-state index contributed by atoms with van der Waals surface area (Å²) in [6, 6.07) is 4.31. The first-order chi connectivity index (χ1) is 7.15. The molecule has 3 nitrogen and oxygen atoms in total. The van der Waals surface area contributed by atoms with Crippen molar-refractivity contribution in [3.8, 4) is 5.75 Å². The van der Waals surface area contributed by atoms with Crippen molar-refractivity contribution in [3.63, 3.8) is 0 Å². The quantitative estimate of drug-likeness (QED) is 0.602. The Bertz CT molecular complexity index is 315. The van der Waals surface area contributed by atoms with Crippen molar-refractivity contribution < 1.29 is 13.9 Å². The summed E-state index contributed by atoms with van der Waals surface area (Å²) in [4.78, 5) is 0. The molecule has 0 amide bonds. The lowest BCUT2D eigenvalue weighted by Crippen LogP contribution is -2.08. The van der Waals surface area contributed by atoms with Crippen LogP contribution in [0.15, 0.2) is 18.2 Å². The van der Waals surface area contributed by atoms with Gasteiger partial charge in [-0.25, -0.2) is 4.39 Å². The van der Waals surface area contributed by atoms with Crippen LogP contribution in [0.1, 0.15) is 25.5 Å². The first kappa shape index (κ1) is 11.9. The van der Waals surface area contributed by atoms with Gasteiger partial charge in [0.1, 0.15) is 11.6 Å². The maximum Gasteiger partial charge on any atom is 0.189 e. The summed E-state index contributed by atoms with van der Waals surface area (Å²) in [7, 11) is 0. The highest BCUT2D eigenvalue weighted by atomic mass is 19.1. The van der Waals surface area contributed by atoms with E-state index in [2.05, 4.69) is 0 Å². The van der Waals surface area contributed by atoms with E-state index >= 15 is 0 Å². The fraction of sp³-hybridized carbons (Fsp3) is 0.455. The van der Waals surface area contributed by atoms with Gasteiger partial charge in [0.05, 0.1) is 0 Å². The molecule has 1 aromatic carbocycles. The molecule has 0 saturated carbocycles. The molecule has 0 aliphatic rings. The van der Waals surface area contributed by atoms with Crippen molar-refractivity contribution in [2.75, 3.05) is 13.4 Å². The number of hydrogen-bond donors (Lipinski definition) is 1. The Hall–Kier alpha value is -1.13. The van der Waals surface area contributed by atoms with Crippen LogP contribution in [0.3, 0.4) is 0 Å². The van der Waals surface area contributed by atoms with Crippen molar-refractivity contribution in [2.45, 2.75) is 19.9 Å². The van der Waals surface area contributed by atoms with E-state index in [0.29, 0.717) is 17.9 Å². The summed E-state index contributed by atoms with van der Waals surface area (Å²) in [5, 5.41) is 0. The Morgan fingerprint density at radius 3 is 2.73 bits per heavy atom. The van der Waals surface area contributed by atoms with E-state index in [9.17, 15) is 4.39 Å². The highest BCUT2D eigenvalue weighted by Gasteiger charge is 2.07. The third-order valence-electron chi connectivity index (χ3n) is 1.98. The molecule has 0 heterocycles. The smallest absolute Gasteiger partial charge is 0.189 e. The molecule has 2 N–H and O–H groups in total. The Morgan fingerprint density at radius 2 is 2.20 bits per heavy atom. The van der Waals surface area contributed by atoms with Gasteiger partial charge in [-0.3, -0.25) is 0 Å². The van der Waals surface area contributed by atoms with Crippen LogP contribution in [0.2, 0.25) is 0 Å². The first-order valence-corrected chi connectivity index (χ1v) is 4.90. The van der Waals surface area contributed by atoms with Gasteiger partial charge in [-0.05, 0) is 19.9 Å². The Kier molecular flexibility index (Phi) is 4.52. The van der Waals surface area contributed by atoms with Gasteiger partial charge in [-0.15, -0.1) is 0 Å². The summed E-state index contributed by atoms with van der Waals surface area (Å²) in [6.07, 6.45) is 0. The monoisotopic (exact) mass is 213 g/mol. The van der Waals surface area contributed by atoms with E-state index in [-0.39, 0.29) is 18.7 Å². The molecule has 0 aliphatic heterocycles. The van der Waals surface area contributed by atoms with E-state index in [1.165, 1.54) is 6.07 Å². The summed E-state index contributed by atoms with van der Waals surface area (Å²) < 4.78 is 23.6. The van der Waals surface area contributed by atoms with Gasteiger partial charge in [-0.2, -0.15) is 0 Å². The summed E-state index contributed by atoms with van der Waals surface area (Å²) in [6.45, 7) is 4.30. The fourth-order valence-electron chi connectivity index (χ4n) is 1.16. The lowest BCUT2D eigenvalue weighted by Gasteiger charge is -2.10. The molecule has 15 heavy (non-hydrogen) atoms.